The van der Waals surface area contributed by atoms with Crippen molar-refractivity contribution in [3.8, 4) is 0 Å². The molecule has 3 atom stereocenters. The molecule has 0 radical (unpaired) electrons. The van der Waals surface area contributed by atoms with Crippen molar-refractivity contribution < 1.29 is 0 Å². The standard InChI is InChI=1S/C9H12/c1-5-8-6-2-3-7(4-6)9(5)8/h6-8H,2-4H2,1H3. The Morgan fingerprint density at radius 2 is 2.22 bits per heavy atom. The van der Waals surface area contributed by atoms with Crippen molar-refractivity contribution in [2.24, 2.45) is 17.8 Å². The minimum Gasteiger partial charge on any atom is -0.0658 e. The van der Waals surface area contributed by atoms with Crippen LogP contribution in [0.1, 0.15) is 26.2 Å². The first-order valence-electron chi connectivity index (χ1n) is 4.08. The van der Waals surface area contributed by atoms with Crippen molar-refractivity contribution in [2.45, 2.75) is 26.2 Å². The second kappa shape index (κ2) is 1.12. The molecule has 0 nitrogen and oxygen atoms in total. The molecule has 0 aliphatic heterocycles. The van der Waals surface area contributed by atoms with E-state index in [0.717, 1.165) is 17.8 Å². The third kappa shape index (κ3) is 0.357. The summed E-state index contributed by atoms with van der Waals surface area (Å²) in [5.74, 6) is 3.23. The Morgan fingerprint density at radius 3 is 2.78 bits per heavy atom. The second-order valence-electron chi connectivity index (χ2n) is 3.89. The van der Waals surface area contributed by atoms with E-state index >= 15 is 0 Å². The molecule has 0 aromatic rings. The summed E-state index contributed by atoms with van der Waals surface area (Å²) in [7, 11) is 0. The van der Waals surface area contributed by atoms with Crippen molar-refractivity contribution in [3.05, 3.63) is 11.1 Å². The van der Waals surface area contributed by atoms with Crippen molar-refractivity contribution in [2.75, 3.05) is 0 Å². The normalized spacial score (nSPS) is 52.3. The van der Waals surface area contributed by atoms with Crippen LogP contribution < -0.4 is 0 Å². The Labute approximate surface area is 56.0 Å². The molecule has 0 aromatic heterocycles. The Morgan fingerprint density at radius 1 is 1.33 bits per heavy atom. The summed E-state index contributed by atoms with van der Waals surface area (Å²) in [4.78, 5) is 0. The van der Waals surface area contributed by atoms with Gasteiger partial charge in [0.1, 0.15) is 0 Å². The summed E-state index contributed by atoms with van der Waals surface area (Å²) in [5.41, 5.74) is 3.65. The first kappa shape index (κ1) is 4.54. The summed E-state index contributed by atoms with van der Waals surface area (Å²) in [6.45, 7) is 2.34. The van der Waals surface area contributed by atoms with Gasteiger partial charge in [0.05, 0.1) is 0 Å². The molecule has 3 aliphatic carbocycles. The lowest BCUT2D eigenvalue weighted by molar-refractivity contribution is 0.512. The van der Waals surface area contributed by atoms with Gasteiger partial charge in [0.15, 0.2) is 0 Å². The Bertz CT molecular complexity index is 200. The van der Waals surface area contributed by atoms with Gasteiger partial charge in [-0.1, -0.05) is 11.1 Å². The van der Waals surface area contributed by atoms with Gasteiger partial charge in [0.25, 0.3) is 0 Å². The van der Waals surface area contributed by atoms with Gasteiger partial charge in [0.2, 0.25) is 0 Å². The highest BCUT2D eigenvalue weighted by Gasteiger charge is 2.53. The van der Waals surface area contributed by atoms with Crippen LogP contribution in [0, 0.1) is 17.8 Å². The maximum absolute atomic E-state index is 2.34. The average molecular weight is 120 g/mol. The van der Waals surface area contributed by atoms with Crippen LogP contribution in [0.15, 0.2) is 11.1 Å². The zero-order valence-corrected chi connectivity index (χ0v) is 5.85. The van der Waals surface area contributed by atoms with Crippen molar-refractivity contribution in [1.82, 2.24) is 0 Å². The molecule has 3 unspecified atom stereocenters. The maximum Gasteiger partial charge on any atom is 0.00412 e. The molecule has 2 saturated carbocycles. The molecular weight excluding hydrogens is 108 g/mol. The molecule has 0 aromatic carbocycles. The predicted molar refractivity (Wildman–Crippen MR) is 37.0 cm³/mol. The molecule has 3 aliphatic rings. The Balaban J connectivity index is 2.06. The second-order valence-corrected chi connectivity index (χ2v) is 3.89. The zero-order valence-electron chi connectivity index (χ0n) is 5.85. The summed E-state index contributed by atoms with van der Waals surface area (Å²) in [6.07, 6.45) is 4.61. The Kier molecular flexibility index (Phi) is 0.564. The minimum atomic E-state index is 1.05. The molecule has 0 spiro atoms. The molecule has 48 valence electrons. The SMILES string of the molecule is CC1=C2C3CCC(C3)C12. The topological polar surface area (TPSA) is 0 Å². The van der Waals surface area contributed by atoms with E-state index in [2.05, 4.69) is 6.92 Å². The third-order valence-electron chi connectivity index (χ3n) is 3.56. The van der Waals surface area contributed by atoms with Crippen LogP contribution in [-0.2, 0) is 0 Å². The lowest BCUT2D eigenvalue weighted by atomic mass is 9.99. The van der Waals surface area contributed by atoms with Crippen molar-refractivity contribution in [1.29, 1.82) is 0 Å². The lowest BCUT2D eigenvalue weighted by Gasteiger charge is -2.05. The highest BCUT2D eigenvalue weighted by Crippen LogP contribution is 2.64. The number of allylic oxidation sites excluding steroid dienone is 2. The maximum atomic E-state index is 2.34. The molecule has 9 heavy (non-hydrogen) atoms. The van der Waals surface area contributed by atoms with Crippen LogP contribution in [0.25, 0.3) is 0 Å². The smallest absolute Gasteiger partial charge is 0.00412 e. The average Bonchev–Trinajstić information content (AvgIpc) is 2.29. The number of fused-ring (bicyclic) bond motifs is 5. The number of hydrogen-bond acceptors (Lipinski definition) is 0. The highest BCUT2D eigenvalue weighted by molar-refractivity contribution is 5.47. The largest absolute Gasteiger partial charge is 0.0658 e. The molecule has 0 heterocycles. The molecule has 3 rings (SSSR count). The molecule has 2 fully saturated rings. The summed E-state index contributed by atoms with van der Waals surface area (Å²) in [6, 6.07) is 0. The predicted octanol–water partition coefficient (Wildman–Crippen LogP) is 2.36. The minimum absolute atomic E-state index is 1.05. The fourth-order valence-corrected chi connectivity index (χ4v) is 3.16. The van der Waals surface area contributed by atoms with Gasteiger partial charge >= 0.3 is 0 Å². The van der Waals surface area contributed by atoms with Gasteiger partial charge in [-0.05, 0) is 38.0 Å². The van der Waals surface area contributed by atoms with E-state index in [1.165, 1.54) is 12.8 Å². The van der Waals surface area contributed by atoms with E-state index < -0.39 is 0 Å². The van der Waals surface area contributed by atoms with Crippen LogP contribution >= 0.6 is 0 Å². The Hall–Kier alpha value is -0.260. The van der Waals surface area contributed by atoms with E-state index in [1.54, 1.807) is 12.0 Å². The third-order valence-corrected chi connectivity index (χ3v) is 3.56. The van der Waals surface area contributed by atoms with Gasteiger partial charge in [0, 0.05) is 5.92 Å². The van der Waals surface area contributed by atoms with E-state index in [9.17, 15) is 0 Å². The lowest BCUT2D eigenvalue weighted by Crippen LogP contribution is -1.96. The number of rotatable bonds is 0. The first-order valence-corrected chi connectivity index (χ1v) is 4.08. The fourth-order valence-electron chi connectivity index (χ4n) is 3.16. The van der Waals surface area contributed by atoms with Gasteiger partial charge in [-0.2, -0.15) is 0 Å². The molecule has 0 heteroatoms. The van der Waals surface area contributed by atoms with E-state index in [-0.39, 0.29) is 0 Å². The van der Waals surface area contributed by atoms with Crippen LogP contribution in [0.3, 0.4) is 0 Å². The molecule has 0 amide bonds. The van der Waals surface area contributed by atoms with Crippen LogP contribution in [0.5, 0.6) is 0 Å². The summed E-state index contributed by atoms with van der Waals surface area (Å²) >= 11 is 0. The summed E-state index contributed by atoms with van der Waals surface area (Å²) < 4.78 is 0. The van der Waals surface area contributed by atoms with Crippen LogP contribution in [0.2, 0.25) is 0 Å². The van der Waals surface area contributed by atoms with Crippen LogP contribution in [0.4, 0.5) is 0 Å². The number of hydrogen-bond donors (Lipinski definition) is 0. The van der Waals surface area contributed by atoms with E-state index in [1.807, 2.05) is 5.57 Å². The van der Waals surface area contributed by atoms with Crippen molar-refractivity contribution in [3.63, 3.8) is 0 Å². The van der Waals surface area contributed by atoms with E-state index in [0.29, 0.717) is 0 Å². The molecular formula is C9H12. The first-order chi connectivity index (χ1) is 4.38. The van der Waals surface area contributed by atoms with Crippen LogP contribution in [-0.4, -0.2) is 0 Å². The fraction of sp³-hybridized carbons (Fsp3) is 0.778. The molecule has 2 bridgehead atoms. The van der Waals surface area contributed by atoms with Gasteiger partial charge in [-0.3, -0.25) is 0 Å². The van der Waals surface area contributed by atoms with Gasteiger partial charge < -0.3 is 0 Å². The monoisotopic (exact) mass is 120 g/mol. The zero-order chi connectivity index (χ0) is 6.01. The van der Waals surface area contributed by atoms with Gasteiger partial charge in [-0.25, -0.2) is 0 Å². The van der Waals surface area contributed by atoms with Gasteiger partial charge in [-0.15, -0.1) is 0 Å². The molecule has 0 N–H and O–H groups in total. The molecule has 0 saturated heterocycles. The highest BCUT2D eigenvalue weighted by atomic mass is 14.6. The van der Waals surface area contributed by atoms with E-state index in [4.69, 9.17) is 0 Å². The van der Waals surface area contributed by atoms with Crippen molar-refractivity contribution >= 4 is 0 Å². The quantitative estimate of drug-likeness (QED) is 0.430. The summed E-state index contributed by atoms with van der Waals surface area (Å²) in [5, 5.41) is 0.